The minimum Gasteiger partial charge on any atom is -0.368 e. The summed E-state index contributed by atoms with van der Waals surface area (Å²) >= 11 is 0. The molecule has 96 valence electrons. The summed E-state index contributed by atoms with van der Waals surface area (Å²) in [7, 11) is 0. The number of nitrogens with zero attached hydrogens (tertiary/aromatic N) is 2. The van der Waals surface area contributed by atoms with Gasteiger partial charge >= 0.3 is 0 Å². The second-order valence-corrected chi connectivity index (χ2v) is 4.27. The number of ether oxygens (including phenoxy) is 1. The first-order valence-corrected chi connectivity index (χ1v) is 5.84. The van der Waals surface area contributed by atoms with E-state index in [4.69, 9.17) is 4.74 Å². The molecule has 0 spiro atoms. The Morgan fingerprint density at radius 1 is 1.29 bits per heavy atom. The first-order chi connectivity index (χ1) is 7.92. The highest BCUT2D eigenvalue weighted by molar-refractivity contribution is 5.38. The molecule has 0 saturated heterocycles. The number of halogens is 1. The van der Waals surface area contributed by atoms with Crippen molar-refractivity contribution in [3.8, 4) is 0 Å². The lowest BCUT2D eigenvalue weighted by Crippen LogP contribution is -2.26. The molecule has 0 aromatic carbocycles. The van der Waals surface area contributed by atoms with E-state index in [2.05, 4.69) is 15.3 Å². The van der Waals surface area contributed by atoms with Gasteiger partial charge in [-0.3, -0.25) is 0 Å². The van der Waals surface area contributed by atoms with Gasteiger partial charge in [0.1, 0.15) is 5.60 Å². The van der Waals surface area contributed by atoms with Crippen LogP contribution in [0.2, 0.25) is 0 Å². The maximum Gasteiger partial charge on any atom is 0.186 e. The second kappa shape index (κ2) is 5.40. The molecule has 0 aliphatic rings. The van der Waals surface area contributed by atoms with Gasteiger partial charge in [0.05, 0.1) is 5.69 Å². The molecule has 0 atom stereocenters. The van der Waals surface area contributed by atoms with Gasteiger partial charge in [0.2, 0.25) is 0 Å². The number of aromatic nitrogens is 2. The zero-order valence-electron chi connectivity index (χ0n) is 11.1. The van der Waals surface area contributed by atoms with E-state index in [-0.39, 0.29) is 5.82 Å². The van der Waals surface area contributed by atoms with Crippen LogP contribution in [0.5, 0.6) is 0 Å². The molecule has 1 heterocycles. The van der Waals surface area contributed by atoms with Crippen molar-refractivity contribution in [3.05, 3.63) is 17.3 Å². The molecular formula is C12H20FN3O. The number of nitrogens with one attached hydrogen (secondary N) is 1. The zero-order valence-corrected chi connectivity index (χ0v) is 11.1. The highest BCUT2D eigenvalue weighted by atomic mass is 19.1. The number of anilines is 1. The first kappa shape index (κ1) is 13.8. The lowest BCUT2D eigenvalue weighted by molar-refractivity contribution is -0.0209. The lowest BCUT2D eigenvalue weighted by Gasteiger charge is -2.24. The van der Waals surface area contributed by atoms with Gasteiger partial charge in [0, 0.05) is 13.2 Å². The fraction of sp³-hybridized carbons (Fsp3) is 0.667. The Labute approximate surface area is 102 Å². The molecule has 0 aliphatic carbocycles. The van der Waals surface area contributed by atoms with Gasteiger partial charge in [-0.1, -0.05) is 0 Å². The predicted molar refractivity (Wildman–Crippen MR) is 65.5 cm³/mol. The van der Waals surface area contributed by atoms with Crippen LogP contribution in [0, 0.1) is 12.7 Å². The van der Waals surface area contributed by atoms with Crippen molar-refractivity contribution in [1.29, 1.82) is 0 Å². The molecule has 0 bridgehead atoms. The summed E-state index contributed by atoms with van der Waals surface area (Å²) in [5.74, 6) is 0.333. The van der Waals surface area contributed by atoms with Crippen LogP contribution in [-0.2, 0) is 10.3 Å². The fourth-order valence-electron chi connectivity index (χ4n) is 1.54. The van der Waals surface area contributed by atoms with Crippen LogP contribution >= 0.6 is 0 Å². The smallest absolute Gasteiger partial charge is 0.186 e. The van der Waals surface area contributed by atoms with Crippen LogP contribution in [0.25, 0.3) is 0 Å². The molecule has 0 aliphatic heterocycles. The maximum atomic E-state index is 13.7. The lowest BCUT2D eigenvalue weighted by atomic mass is 10.1. The minimum atomic E-state index is -0.614. The summed E-state index contributed by atoms with van der Waals surface area (Å²) in [5.41, 5.74) is -0.282. The van der Waals surface area contributed by atoms with E-state index < -0.39 is 11.4 Å². The Morgan fingerprint density at radius 3 is 2.47 bits per heavy atom. The monoisotopic (exact) mass is 241 g/mol. The van der Waals surface area contributed by atoms with E-state index in [1.54, 1.807) is 6.92 Å². The van der Waals surface area contributed by atoms with Crippen molar-refractivity contribution in [2.24, 2.45) is 0 Å². The average molecular weight is 241 g/mol. The topological polar surface area (TPSA) is 47.0 Å². The quantitative estimate of drug-likeness (QED) is 0.860. The minimum absolute atomic E-state index is 0.239. The van der Waals surface area contributed by atoms with Crippen molar-refractivity contribution in [3.63, 3.8) is 0 Å². The molecule has 17 heavy (non-hydrogen) atoms. The molecule has 1 rings (SSSR count). The molecule has 1 N–H and O–H groups in total. The number of hydrogen-bond acceptors (Lipinski definition) is 4. The summed E-state index contributed by atoms with van der Waals surface area (Å²) in [6.45, 7) is 10.3. The van der Waals surface area contributed by atoms with Gasteiger partial charge in [-0.2, -0.15) is 0 Å². The van der Waals surface area contributed by atoms with E-state index >= 15 is 0 Å². The van der Waals surface area contributed by atoms with Crippen molar-refractivity contribution >= 4 is 5.82 Å². The van der Waals surface area contributed by atoms with E-state index in [1.165, 1.54) is 0 Å². The molecule has 1 aromatic heterocycles. The molecule has 4 nitrogen and oxygen atoms in total. The summed E-state index contributed by atoms with van der Waals surface area (Å²) in [4.78, 5) is 8.35. The van der Waals surface area contributed by atoms with Crippen LogP contribution in [0.1, 0.15) is 39.2 Å². The number of rotatable bonds is 5. The van der Waals surface area contributed by atoms with Gasteiger partial charge < -0.3 is 10.1 Å². The van der Waals surface area contributed by atoms with E-state index in [0.29, 0.717) is 24.7 Å². The highest BCUT2D eigenvalue weighted by Gasteiger charge is 2.26. The predicted octanol–water partition coefficient (Wildman–Crippen LogP) is 2.63. The Hall–Kier alpha value is -1.23. The summed E-state index contributed by atoms with van der Waals surface area (Å²) in [5, 5.41) is 2.89. The maximum absolute atomic E-state index is 13.7. The van der Waals surface area contributed by atoms with Crippen molar-refractivity contribution < 1.29 is 9.13 Å². The third-order valence-corrected chi connectivity index (χ3v) is 2.40. The fourth-order valence-corrected chi connectivity index (χ4v) is 1.54. The summed E-state index contributed by atoms with van der Waals surface area (Å²) in [6, 6.07) is 0. The average Bonchev–Trinajstić information content (AvgIpc) is 2.24. The van der Waals surface area contributed by atoms with E-state index in [0.717, 1.165) is 0 Å². The zero-order chi connectivity index (χ0) is 13.1. The first-order valence-electron chi connectivity index (χ1n) is 5.84. The molecule has 0 fully saturated rings. The molecule has 0 amide bonds. The van der Waals surface area contributed by atoms with Crippen LogP contribution in [-0.4, -0.2) is 23.1 Å². The van der Waals surface area contributed by atoms with Crippen LogP contribution in [0.3, 0.4) is 0 Å². The van der Waals surface area contributed by atoms with E-state index in [9.17, 15) is 4.39 Å². The normalized spacial score (nSPS) is 11.6. The van der Waals surface area contributed by atoms with Gasteiger partial charge in [-0.05, 0) is 34.6 Å². The summed E-state index contributed by atoms with van der Waals surface area (Å²) in [6.07, 6.45) is 0. The molecule has 0 radical (unpaired) electrons. The van der Waals surface area contributed by atoms with Crippen LogP contribution in [0.15, 0.2) is 0 Å². The van der Waals surface area contributed by atoms with Gasteiger partial charge in [0.15, 0.2) is 17.5 Å². The van der Waals surface area contributed by atoms with Gasteiger partial charge in [-0.15, -0.1) is 0 Å². The third-order valence-electron chi connectivity index (χ3n) is 2.40. The highest BCUT2D eigenvalue weighted by Crippen LogP contribution is 2.24. The Balaban J connectivity index is 3.17. The van der Waals surface area contributed by atoms with Crippen LogP contribution in [0.4, 0.5) is 10.2 Å². The Morgan fingerprint density at radius 2 is 1.94 bits per heavy atom. The Bertz CT molecular complexity index is 394. The number of aryl methyl sites for hydroxylation is 1. The third kappa shape index (κ3) is 3.12. The van der Waals surface area contributed by atoms with Gasteiger partial charge in [-0.25, -0.2) is 14.4 Å². The second-order valence-electron chi connectivity index (χ2n) is 4.27. The SMILES string of the molecule is CCNc1nc(C(C)(C)OCC)nc(C)c1F. The van der Waals surface area contributed by atoms with E-state index in [1.807, 2.05) is 27.7 Å². The molecule has 0 saturated carbocycles. The van der Waals surface area contributed by atoms with Crippen molar-refractivity contribution in [2.45, 2.75) is 40.2 Å². The van der Waals surface area contributed by atoms with Crippen molar-refractivity contribution in [2.75, 3.05) is 18.5 Å². The molecule has 5 heteroatoms. The standard InChI is InChI=1S/C12H20FN3O/c1-6-14-10-9(13)8(3)15-11(16-10)12(4,5)17-7-2/h6-7H2,1-5H3,(H,14,15,16). The largest absolute Gasteiger partial charge is 0.368 e. The van der Waals surface area contributed by atoms with Crippen molar-refractivity contribution in [1.82, 2.24) is 9.97 Å². The number of hydrogen-bond donors (Lipinski definition) is 1. The van der Waals surface area contributed by atoms with Gasteiger partial charge in [0.25, 0.3) is 0 Å². The molecular weight excluding hydrogens is 221 g/mol. The van der Waals surface area contributed by atoms with Crippen LogP contribution < -0.4 is 5.32 Å². The molecule has 0 unspecified atom stereocenters. The Kier molecular flexibility index (Phi) is 4.40. The summed E-state index contributed by atoms with van der Waals surface area (Å²) < 4.78 is 19.3. The molecule has 1 aromatic rings.